The Kier molecular flexibility index (Phi) is 5.95. The topological polar surface area (TPSA) is 63.7 Å². The second-order valence-corrected chi connectivity index (χ2v) is 5.16. The van der Waals surface area contributed by atoms with Crippen molar-refractivity contribution in [2.45, 2.75) is 25.9 Å². The highest BCUT2D eigenvalue weighted by Crippen LogP contribution is 2.13. The van der Waals surface area contributed by atoms with Gasteiger partial charge in [-0.15, -0.1) is 0 Å². The summed E-state index contributed by atoms with van der Waals surface area (Å²) >= 11 is 0. The van der Waals surface area contributed by atoms with Crippen molar-refractivity contribution in [3.8, 4) is 0 Å². The molecule has 1 unspecified atom stereocenters. The van der Waals surface area contributed by atoms with Crippen LogP contribution in [0.1, 0.15) is 17.5 Å². The quantitative estimate of drug-likeness (QED) is 0.859. The van der Waals surface area contributed by atoms with Crippen molar-refractivity contribution in [3.05, 3.63) is 29.6 Å². The minimum atomic E-state index is -0.0780. The van der Waals surface area contributed by atoms with Crippen LogP contribution < -0.4 is 5.32 Å². The molecule has 6 heteroatoms. The van der Waals surface area contributed by atoms with Gasteiger partial charge >= 0.3 is 6.03 Å². The fourth-order valence-corrected chi connectivity index (χ4v) is 2.36. The Bertz CT molecular complexity index is 461. The van der Waals surface area contributed by atoms with Gasteiger partial charge in [0.1, 0.15) is 0 Å². The average Bonchev–Trinajstić information content (AvgIpc) is 3.01. The Labute approximate surface area is 125 Å². The highest BCUT2D eigenvalue weighted by molar-refractivity contribution is 5.74. The number of pyridine rings is 1. The molecule has 2 rings (SSSR count). The van der Waals surface area contributed by atoms with E-state index in [0.717, 1.165) is 17.5 Å². The second-order valence-electron chi connectivity index (χ2n) is 5.16. The number of carbonyl (C=O) groups is 1. The number of rotatable bonds is 6. The highest BCUT2D eigenvalue weighted by Gasteiger charge is 2.26. The third-order valence-corrected chi connectivity index (χ3v) is 3.72. The van der Waals surface area contributed by atoms with Crippen molar-refractivity contribution in [3.63, 3.8) is 0 Å². The summed E-state index contributed by atoms with van der Waals surface area (Å²) < 4.78 is 10.5. The van der Waals surface area contributed by atoms with Crippen molar-refractivity contribution in [1.29, 1.82) is 0 Å². The third kappa shape index (κ3) is 4.41. The molecule has 0 aromatic carbocycles. The summed E-state index contributed by atoms with van der Waals surface area (Å²) in [5.74, 6) is 0. The zero-order valence-electron chi connectivity index (χ0n) is 12.7. The summed E-state index contributed by atoms with van der Waals surface area (Å²) in [4.78, 5) is 18.3. The molecule has 1 atom stereocenters. The number of ether oxygens (including phenoxy) is 2. The monoisotopic (exact) mass is 293 g/mol. The van der Waals surface area contributed by atoms with Gasteiger partial charge in [0, 0.05) is 39.2 Å². The molecule has 0 radical (unpaired) electrons. The molecule has 6 nitrogen and oxygen atoms in total. The molecule has 1 fully saturated rings. The Balaban J connectivity index is 1.92. The number of aryl methyl sites for hydroxylation is 1. The molecule has 1 aromatic rings. The zero-order chi connectivity index (χ0) is 15.1. The van der Waals surface area contributed by atoms with Crippen molar-refractivity contribution < 1.29 is 14.3 Å². The fraction of sp³-hybridized carbons (Fsp3) is 0.600. The SMILES string of the molecule is COCCN(C(=O)NCc1cnccc1C)C1CCOC1. The number of hydrogen-bond donors (Lipinski definition) is 1. The molecule has 1 aliphatic heterocycles. The predicted molar refractivity (Wildman–Crippen MR) is 79.0 cm³/mol. The van der Waals surface area contributed by atoms with E-state index in [-0.39, 0.29) is 12.1 Å². The second kappa shape index (κ2) is 7.95. The first-order valence-electron chi connectivity index (χ1n) is 7.23. The van der Waals surface area contributed by atoms with Crippen LogP contribution in [0.5, 0.6) is 0 Å². The van der Waals surface area contributed by atoms with Gasteiger partial charge in [0.05, 0.1) is 19.3 Å². The molecule has 0 aliphatic carbocycles. The standard InChI is InChI=1S/C15H23N3O3/c1-12-3-5-16-9-13(12)10-17-15(19)18(6-8-20-2)14-4-7-21-11-14/h3,5,9,14H,4,6-8,10-11H2,1-2H3,(H,17,19). The van der Waals surface area contributed by atoms with Gasteiger partial charge in [-0.1, -0.05) is 0 Å². The molecule has 1 aliphatic rings. The van der Waals surface area contributed by atoms with Gasteiger partial charge in [-0.2, -0.15) is 0 Å². The molecule has 1 aromatic heterocycles. The Morgan fingerprint density at radius 3 is 3.14 bits per heavy atom. The van der Waals surface area contributed by atoms with E-state index in [4.69, 9.17) is 9.47 Å². The van der Waals surface area contributed by atoms with Crippen LogP contribution >= 0.6 is 0 Å². The lowest BCUT2D eigenvalue weighted by atomic mass is 10.1. The smallest absolute Gasteiger partial charge is 0.318 e. The summed E-state index contributed by atoms with van der Waals surface area (Å²) in [6.45, 7) is 4.90. The minimum absolute atomic E-state index is 0.0780. The van der Waals surface area contributed by atoms with Crippen molar-refractivity contribution in [2.24, 2.45) is 0 Å². The van der Waals surface area contributed by atoms with E-state index in [9.17, 15) is 4.79 Å². The molecule has 1 N–H and O–H groups in total. The number of urea groups is 1. The molecule has 0 spiro atoms. The number of hydrogen-bond acceptors (Lipinski definition) is 4. The Morgan fingerprint density at radius 1 is 1.62 bits per heavy atom. The highest BCUT2D eigenvalue weighted by atomic mass is 16.5. The van der Waals surface area contributed by atoms with Gasteiger partial charge in [-0.25, -0.2) is 4.79 Å². The lowest BCUT2D eigenvalue weighted by molar-refractivity contribution is 0.116. The van der Waals surface area contributed by atoms with Crippen molar-refractivity contribution in [2.75, 3.05) is 33.5 Å². The van der Waals surface area contributed by atoms with E-state index >= 15 is 0 Å². The van der Waals surface area contributed by atoms with Crippen LogP contribution in [-0.2, 0) is 16.0 Å². The first kappa shape index (κ1) is 15.7. The maximum Gasteiger partial charge on any atom is 0.318 e. The minimum Gasteiger partial charge on any atom is -0.383 e. The van der Waals surface area contributed by atoms with E-state index in [1.807, 2.05) is 17.9 Å². The number of carbonyl (C=O) groups excluding carboxylic acids is 1. The number of nitrogens with one attached hydrogen (secondary N) is 1. The summed E-state index contributed by atoms with van der Waals surface area (Å²) in [5.41, 5.74) is 2.15. The molecule has 21 heavy (non-hydrogen) atoms. The summed E-state index contributed by atoms with van der Waals surface area (Å²) in [7, 11) is 1.64. The first-order valence-corrected chi connectivity index (χ1v) is 7.23. The van der Waals surface area contributed by atoms with E-state index in [0.29, 0.717) is 32.9 Å². The number of methoxy groups -OCH3 is 1. The van der Waals surface area contributed by atoms with Crippen LogP contribution in [-0.4, -0.2) is 55.4 Å². The zero-order valence-corrected chi connectivity index (χ0v) is 12.7. The maximum absolute atomic E-state index is 12.4. The van der Waals surface area contributed by atoms with Crippen molar-refractivity contribution in [1.82, 2.24) is 15.2 Å². The summed E-state index contributed by atoms with van der Waals surface area (Å²) in [6.07, 6.45) is 4.41. The van der Waals surface area contributed by atoms with Crippen LogP contribution in [0.15, 0.2) is 18.5 Å². The Hall–Kier alpha value is -1.66. The largest absolute Gasteiger partial charge is 0.383 e. The molecule has 2 amide bonds. The molecule has 1 saturated heterocycles. The molecule has 2 heterocycles. The molecule has 116 valence electrons. The van der Waals surface area contributed by atoms with Gasteiger partial charge in [0.25, 0.3) is 0 Å². The lowest BCUT2D eigenvalue weighted by Gasteiger charge is -2.28. The molecule has 0 bridgehead atoms. The molecule has 0 saturated carbocycles. The predicted octanol–water partition coefficient (Wildman–Crippen LogP) is 1.34. The number of aromatic nitrogens is 1. The van der Waals surface area contributed by atoms with E-state index in [1.54, 1.807) is 19.5 Å². The normalized spacial score (nSPS) is 17.7. The van der Waals surface area contributed by atoms with Gasteiger partial charge in [-0.05, 0) is 30.5 Å². The van der Waals surface area contributed by atoms with E-state index < -0.39 is 0 Å². The van der Waals surface area contributed by atoms with Gasteiger partial charge in [0.15, 0.2) is 0 Å². The molecular weight excluding hydrogens is 270 g/mol. The van der Waals surface area contributed by atoms with E-state index in [2.05, 4.69) is 10.3 Å². The first-order chi connectivity index (χ1) is 10.2. The van der Waals surface area contributed by atoms with E-state index in [1.165, 1.54) is 0 Å². The lowest BCUT2D eigenvalue weighted by Crippen LogP contribution is -2.47. The van der Waals surface area contributed by atoms with Crippen LogP contribution in [0, 0.1) is 6.92 Å². The third-order valence-electron chi connectivity index (χ3n) is 3.72. The van der Waals surface area contributed by atoms with Gasteiger partial charge in [0.2, 0.25) is 0 Å². The van der Waals surface area contributed by atoms with Gasteiger partial charge < -0.3 is 19.7 Å². The number of nitrogens with zero attached hydrogens (tertiary/aromatic N) is 2. The van der Waals surface area contributed by atoms with Gasteiger partial charge in [-0.3, -0.25) is 4.98 Å². The summed E-state index contributed by atoms with van der Waals surface area (Å²) in [5, 5.41) is 2.96. The van der Waals surface area contributed by atoms with Crippen LogP contribution in [0.3, 0.4) is 0 Å². The van der Waals surface area contributed by atoms with Crippen LogP contribution in [0.4, 0.5) is 4.79 Å². The van der Waals surface area contributed by atoms with Crippen LogP contribution in [0.25, 0.3) is 0 Å². The maximum atomic E-state index is 12.4. The van der Waals surface area contributed by atoms with Crippen LogP contribution in [0.2, 0.25) is 0 Å². The van der Waals surface area contributed by atoms with Crippen molar-refractivity contribution >= 4 is 6.03 Å². The average molecular weight is 293 g/mol. The number of amides is 2. The summed E-state index contributed by atoms with van der Waals surface area (Å²) in [6, 6.07) is 2.00. The Morgan fingerprint density at radius 2 is 2.48 bits per heavy atom. The molecular formula is C15H23N3O3. The fourth-order valence-electron chi connectivity index (χ4n) is 2.36.